The Morgan fingerprint density at radius 1 is 0.968 bits per heavy atom. The number of nitrogens with zero attached hydrogens (tertiary/aromatic N) is 4. The Bertz CT molecular complexity index is 961. The van der Waals surface area contributed by atoms with Crippen LogP contribution in [0.15, 0.2) is 73.3 Å². The molecular formula is C25H28N4O2. The topological polar surface area (TPSA) is 69.6 Å². The Balaban J connectivity index is 1.86. The van der Waals surface area contributed by atoms with E-state index in [4.69, 9.17) is 0 Å². The molecule has 0 saturated carbocycles. The van der Waals surface area contributed by atoms with E-state index in [2.05, 4.69) is 14.9 Å². The number of hydrogen-bond donors (Lipinski definition) is 1. The average Bonchev–Trinajstić information content (AvgIpc) is 3.34. The van der Waals surface area contributed by atoms with Gasteiger partial charge in [0.05, 0.1) is 6.04 Å². The summed E-state index contributed by atoms with van der Waals surface area (Å²) in [6.45, 7) is 1.79. The quantitative estimate of drug-likeness (QED) is 0.668. The van der Waals surface area contributed by atoms with Gasteiger partial charge >= 0.3 is 0 Å². The Morgan fingerprint density at radius 2 is 1.52 bits per heavy atom. The molecule has 1 atom stereocenters. The molecule has 3 aromatic rings. The minimum absolute atomic E-state index is 0.0425. The second kappa shape index (κ2) is 8.96. The third kappa shape index (κ3) is 4.09. The standard InChI is InChI=1S/C25H28N4O2/c1-28(2)24(30)20-11-9-19(10-12-20)23(29-15-3-4-16-29)25(31,21-7-5-13-26-17-21)22-8-6-14-27-18-22/h5-14,17-18,23,31H,3-4,15-16H2,1-2H3. The van der Waals surface area contributed by atoms with Gasteiger partial charge in [0.25, 0.3) is 5.91 Å². The van der Waals surface area contributed by atoms with Crippen LogP contribution < -0.4 is 0 Å². The molecule has 160 valence electrons. The van der Waals surface area contributed by atoms with Crippen LogP contribution in [-0.2, 0) is 5.60 Å². The maximum atomic E-state index is 12.4. The minimum Gasteiger partial charge on any atom is -0.378 e. The van der Waals surface area contributed by atoms with E-state index in [-0.39, 0.29) is 11.9 Å². The van der Waals surface area contributed by atoms with Gasteiger partial charge < -0.3 is 10.0 Å². The van der Waals surface area contributed by atoms with Crippen LogP contribution in [0.25, 0.3) is 0 Å². The van der Waals surface area contributed by atoms with Crippen molar-refractivity contribution in [1.29, 1.82) is 0 Å². The van der Waals surface area contributed by atoms with Crippen molar-refractivity contribution in [2.75, 3.05) is 27.2 Å². The molecule has 2 aromatic heterocycles. The number of benzene rings is 1. The zero-order chi connectivity index (χ0) is 21.8. The Kier molecular flexibility index (Phi) is 6.11. The van der Waals surface area contributed by atoms with E-state index in [1.165, 1.54) is 0 Å². The summed E-state index contributed by atoms with van der Waals surface area (Å²) in [7, 11) is 3.49. The fourth-order valence-electron chi connectivity index (χ4n) is 4.44. The molecule has 4 rings (SSSR count). The summed E-state index contributed by atoms with van der Waals surface area (Å²) in [5, 5.41) is 12.4. The summed E-state index contributed by atoms with van der Waals surface area (Å²) >= 11 is 0. The first-order valence-corrected chi connectivity index (χ1v) is 10.6. The van der Waals surface area contributed by atoms with E-state index in [9.17, 15) is 9.90 Å². The van der Waals surface area contributed by atoms with Crippen LogP contribution in [0.3, 0.4) is 0 Å². The van der Waals surface area contributed by atoms with Gasteiger partial charge in [-0.2, -0.15) is 0 Å². The zero-order valence-electron chi connectivity index (χ0n) is 18.0. The van der Waals surface area contributed by atoms with E-state index in [0.717, 1.165) is 31.5 Å². The number of carbonyl (C=O) groups is 1. The van der Waals surface area contributed by atoms with Crippen molar-refractivity contribution in [3.05, 3.63) is 95.6 Å². The summed E-state index contributed by atoms with van der Waals surface area (Å²) in [5.74, 6) is -0.0425. The first kappa shape index (κ1) is 21.2. The molecule has 0 spiro atoms. The van der Waals surface area contributed by atoms with Crippen LogP contribution in [-0.4, -0.2) is 58.0 Å². The highest BCUT2D eigenvalue weighted by Crippen LogP contribution is 2.45. The van der Waals surface area contributed by atoms with Gasteiger partial charge in [0.1, 0.15) is 5.60 Å². The molecule has 0 radical (unpaired) electrons. The molecule has 1 aromatic carbocycles. The van der Waals surface area contributed by atoms with Gasteiger partial charge in [-0.15, -0.1) is 0 Å². The van der Waals surface area contributed by atoms with Gasteiger partial charge in [0.15, 0.2) is 0 Å². The number of pyridine rings is 2. The molecule has 1 saturated heterocycles. The van der Waals surface area contributed by atoms with Crippen molar-refractivity contribution in [1.82, 2.24) is 19.8 Å². The molecule has 1 aliphatic heterocycles. The number of aromatic nitrogens is 2. The molecule has 1 unspecified atom stereocenters. The van der Waals surface area contributed by atoms with Crippen molar-refractivity contribution in [2.45, 2.75) is 24.5 Å². The van der Waals surface area contributed by atoms with E-state index in [1.807, 2.05) is 48.5 Å². The summed E-state index contributed by atoms with van der Waals surface area (Å²) in [6, 6.07) is 14.8. The van der Waals surface area contributed by atoms with Gasteiger partial charge in [-0.3, -0.25) is 19.7 Å². The van der Waals surface area contributed by atoms with Gasteiger partial charge in [0.2, 0.25) is 0 Å². The smallest absolute Gasteiger partial charge is 0.253 e. The van der Waals surface area contributed by atoms with Gasteiger partial charge in [-0.25, -0.2) is 0 Å². The zero-order valence-corrected chi connectivity index (χ0v) is 18.0. The Labute approximate surface area is 183 Å². The van der Waals surface area contributed by atoms with Crippen LogP contribution in [0.2, 0.25) is 0 Å². The number of rotatable bonds is 6. The third-order valence-electron chi connectivity index (χ3n) is 5.98. The third-order valence-corrected chi connectivity index (χ3v) is 5.98. The molecule has 1 fully saturated rings. The van der Waals surface area contributed by atoms with Crippen LogP contribution in [0.4, 0.5) is 0 Å². The largest absolute Gasteiger partial charge is 0.378 e. The van der Waals surface area contributed by atoms with Crippen molar-refractivity contribution < 1.29 is 9.90 Å². The second-order valence-electron chi connectivity index (χ2n) is 8.22. The van der Waals surface area contributed by atoms with E-state index in [0.29, 0.717) is 16.7 Å². The van der Waals surface area contributed by atoms with E-state index < -0.39 is 5.60 Å². The highest BCUT2D eigenvalue weighted by atomic mass is 16.3. The summed E-state index contributed by atoms with van der Waals surface area (Å²) < 4.78 is 0. The maximum Gasteiger partial charge on any atom is 0.253 e. The molecular weight excluding hydrogens is 388 g/mol. The molecule has 31 heavy (non-hydrogen) atoms. The van der Waals surface area contributed by atoms with Crippen LogP contribution in [0, 0.1) is 0 Å². The summed E-state index contributed by atoms with van der Waals surface area (Å²) in [6.07, 6.45) is 9.03. The van der Waals surface area contributed by atoms with Crippen LogP contribution >= 0.6 is 0 Å². The lowest BCUT2D eigenvalue weighted by atomic mass is 9.77. The molecule has 6 heteroatoms. The maximum absolute atomic E-state index is 12.4. The summed E-state index contributed by atoms with van der Waals surface area (Å²) in [5.41, 5.74) is 1.66. The SMILES string of the molecule is CN(C)C(=O)c1ccc(C(N2CCCC2)C(O)(c2cccnc2)c2cccnc2)cc1. The molecule has 1 N–H and O–H groups in total. The predicted molar refractivity (Wildman–Crippen MR) is 119 cm³/mol. The number of carbonyl (C=O) groups excluding carboxylic acids is 1. The predicted octanol–water partition coefficient (Wildman–Crippen LogP) is 3.25. The highest BCUT2D eigenvalue weighted by Gasteiger charge is 2.45. The Morgan fingerprint density at radius 3 is 1.97 bits per heavy atom. The number of hydrogen-bond acceptors (Lipinski definition) is 5. The molecule has 1 amide bonds. The average molecular weight is 417 g/mol. The van der Waals surface area contributed by atoms with Crippen LogP contribution in [0.5, 0.6) is 0 Å². The van der Waals surface area contributed by atoms with Crippen molar-refractivity contribution in [3.63, 3.8) is 0 Å². The normalized spacial score (nSPS) is 15.6. The lowest BCUT2D eigenvalue weighted by Crippen LogP contribution is -2.44. The number of amides is 1. The molecule has 1 aliphatic rings. The lowest BCUT2D eigenvalue weighted by molar-refractivity contribution is -0.0152. The number of aliphatic hydroxyl groups is 1. The fraction of sp³-hybridized carbons (Fsp3) is 0.320. The number of likely N-dealkylation sites (tertiary alicyclic amines) is 1. The van der Waals surface area contributed by atoms with Crippen molar-refractivity contribution in [2.24, 2.45) is 0 Å². The first-order chi connectivity index (χ1) is 15.0. The van der Waals surface area contributed by atoms with E-state index in [1.54, 1.807) is 43.8 Å². The van der Waals surface area contributed by atoms with Gasteiger partial charge in [-0.05, 0) is 55.8 Å². The van der Waals surface area contributed by atoms with Gasteiger partial charge in [-0.1, -0.05) is 24.3 Å². The monoisotopic (exact) mass is 416 g/mol. The minimum atomic E-state index is -1.35. The Hall–Kier alpha value is -3.09. The van der Waals surface area contributed by atoms with Crippen molar-refractivity contribution >= 4 is 5.91 Å². The highest BCUT2D eigenvalue weighted by molar-refractivity contribution is 5.93. The molecule has 0 aliphatic carbocycles. The van der Waals surface area contributed by atoms with Gasteiger partial charge in [0, 0.05) is 55.6 Å². The first-order valence-electron chi connectivity index (χ1n) is 10.6. The van der Waals surface area contributed by atoms with Crippen molar-refractivity contribution in [3.8, 4) is 0 Å². The fourth-order valence-corrected chi connectivity index (χ4v) is 4.44. The molecule has 3 heterocycles. The lowest BCUT2D eigenvalue weighted by Gasteiger charge is -2.42. The summed E-state index contributed by atoms with van der Waals surface area (Å²) in [4.78, 5) is 24.8. The van der Waals surface area contributed by atoms with E-state index >= 15 is 0 Å². The van der Waals surface area contributed by atoms with Crippen LogP contribution in [0.1, 0.15) is 45.9 Å². The molecule has 0 bridgehead atoms. The molecule has 6 nitrogen and oxygen atoms in total. The second-order valence-corrected chi connectivity index (χ2v) is 8.22.